The van der Waals surface area contributed by atoms with E-state index >= 15 is 0 Å². The molecule has 1 heterocycles. The zero-order valence-corrected chi connectivity index (χ0v) is 9.46. The average Bonchev–Trinajstić information content (AvgIpc) is 2.88. The summed E-state index contributed by atoms with van der Waals surface area (Å²) in [5.41, 5.74) is 0. The van der Waals surface area contributed by atoms with Gasteiger partial charge in [0.2, 0.25) is 10.0 Å². The first-order valence-electron chi connectivity index (χ1n) is 5.24. The van der Waals surface area contributed by atoms with E-state index < -0.39 is 10.0 Å². The maximum Gasteiger partial charge on any atom is 0.214 e. The monoisotopic (exact) mass is 218 g/mol. The molecule has 4 nitrogen and oxygen atoms in total. The van der Waals surface area contributed by atoms with Crippen molar-refractivity contribution < 1.29 is 8.42 Å². The van der Waals surface area contributed by atoms with Crippen molar-refractivity contribution in [2.45, 2.75) is 12.8 Å². The summed E-state index contributed by atoms with van der Waals surface area (Å²) in [5.74, 6) is 0.844. The predicted octanol–water partition coefficient (Wildman–Crippen LogP) is -0.0264. The van der Waals surface area contributed by atoms with Gasteiger partial charge in [-0.3, -0.25) is 0 Å². The Labute approximate surface area is 85.9 Å². The molecule has 1 aliphatic heterocycles. The fraction of sp³-hybridized carbons (Fsp3) is 1.00. The van der Waals surface area contributed by atoms with Crippen LogP contribution in [-0.2, 0) is 10.0 Å². The molecule has 5 heteroatoms. The second-order valence-corrected chi connectivity index (χ2v) is 6.44. The van der Waals surface area contributed by atoms with Crippen LogP contribution >= 0.6 is 0 Å². The molecule has 0 bridgehead atoms. The van der Waals surface area contributed by atoms with Gasteiger partial charge in [0.1, 0.15) is 0 Å². The molecule has 0 amide bonds. The molecule has 2 rings (SSSR count). The Morgan fingerprint density at radius 1 is 1.14 bits per heavy atom. The Balaban J connectivity index is 1.92. The minimum Gasteiger partial charge on any atom is -0.304 e. The van der Waals surface area contributed by atoms with Gasteiger partial charge in [0.05, 0.1) is 5.75 Å². The molecule has 0 N–H and O–H groups in total. The van der Waals surface area contributed by atoms with Gasteiger partial charge in [-0.2, -0.15) is 4.31 Å². The Kier molecular flexibility index (Phi) is 2.81. The van der Waals surface area contributed by atoms with Gasteiger partial charge in [0, 0.05) is 26.2 Å². The normalized spacial score (nSPS) is 26.6. The smallest absolute Gasteiger partial charge is 0.214 e. The molecule has 1 aliphatic carbocycles. The molecule has 0 radical (unpaired) electrons. The zero-order chi connectivity index (χ0) is 10.2. The predicted molar refractivity (Wildman–Crippen MR) is 55.6 cm³/mol. The van der Waals surface area contributed by atoms with Gasteiger partial charge in [0.15, 0.2) is 0 Å². The summed E-state index contributed by atoms with van der Waals surface area (Å²) < 4.78 is 25.4. The summed E-state index contributed by atoms with van der Waals surface area (Å²) in [6.07, 6.45) is 2.21. The van der Waals surface area contributed by atoms with E-state index in [1.807, 2.05) is 7.05 Å². The van der Waals surface area contributed by atoms with Gasteiger partial charge in [-0.05, 0) is 25.8 Å². The molecule has 2 fully saturated rings. The molecule has 0 unspecified atom stereocenters. The summed E-state index contributed by atoms with van der Waals surface area (Å²) in [6.45, 7) is 3.07. The second kappa shape index (κ2) is 3.79. The standard InChI is InChI=1S/C9H18N2O2S/c1-10-4-6-11(7-5-10)14(12,13)8-9-2-3-9/h9H,2-8H2,1H3. The van der Waals surface area contributed by atoms with Crippen LogP contribution in [-0.4, -0.2) is 56.6 Å². The molecular weight excluding hydrogens is 200 g/mol. The molecule has 14 heavy (non-hydrogen) atoms. The molecule has 2 aliphatic rings. The fourth-order valence-corrected chi connectivity index (χ4v) is 3.61. The van der Waals surface area contributed by atoms with Crippen LogP contribution in [0.15, 0.2) is 0 Å². The largest absolute Gasteiger partial charge is 0.304 e. The lowest BCUT2D eigenvalue weighted by atomic mass is 10.4. The van der Waals surface area contributed by atoms with Crippen LogP contribution in [0.1, 0.15) is 12.8 Å². The highest BCUT2D eigenvalue weighted by molar-refractivity contribution is 7.89. The van der Waals surface area contributed by atoms with E-state index in [1.54, 1.807) is 4.31 Å². The van der Waals surface area contributed by atoms with Crippen LogP contribution in [0, 0.1) is 5.92 Å². The Morgan fingerprint density at radius 3 is 2.21 bits per heavy atom. The summed E-state index contributed by atoms with van der Waals surface area (Å²) in [6, 6.07) is 0. The maximum absolute atomic E-state index is 11.9. The Hall–Kier alpha value is -0.130. The molecule has 0 aromatic rings. The summed E-state index contributed by atoms with van der Waals surface area (Å²) in [4.78, 5) is 2.17. The third-order valence-electron chi connectivity index (χ3n) is 3.00. The van der Waals surface area contributed by atoms with E-state index in [-0.39, 0.29) is 0 Å². The van der Waals surface area contributed by atoms with Crippen LogP contribution in [0.3, 0.4) is 0 Å². The molecule has 0 atom stereocenters. The van der Waals surface area contributed by atoms with Gasteiger partial charge in [-0.15, -0.1) is 0 Å². The minimum atomic E-state index is -2.94. The molecule has 1 saturated carbocycles. The van der Waals surface area contributed by atoms with Gasteiger partial charge < -0.3 is 4.90 Å². The van der Waals surface area contributed by atoms with Crippen molar-refractivity contribution in [3.05, 3.63) is 0 Å². The number of rotatable bonds is 3. The molecule has 0 aromatic heterocycles. The van der Waals surface area contributed by atoms with E-state index in [0.29, 0.717) is 24.8 Å². The van der Waals surface area contributed by atoms with E-state index in [4.69, 9.17) is 0 Å². The van der Waals surface area contributed by atoms with E-state index in [0.717, 1.165) is 25.9 Å². The average molecular weight is 218 g/mol. The van der Waals surface area contributed by atoms with E-state index in [1.165, 1.54) is 0 Å². The molecule has 0 aromatic carbocycles. The van der Waals surface area contributed by atoms with Crippen LogP contribution in [0.4, 0.5) is 0 Å². The van der Waals surface area contributed by atoms with Crippen molar-refractivity contribution in [2.24, 2.45) is 5.92 Å². The summed E-state index contributed by atoms with van der Waals surface area (Å²) in [7, 11) is -0.904. The van der Waals surface area contributed by atoms with Crippen molar-refractivity contribution in [1.82, 2.24) is 9.21 Å². The number of nitrogens with zero attached hydrogens (tertiary/aromatic N) is 2. The number of likely N-dealkylation sites (N-methyl/N-ethyl adjacent to an activating group) is 1. The van der Waals surface area contributed by atoms with Crippen molar-refractivity contribution in [1.29, 1.82) is 0 Å². The highest BCUT2D eigenvalue weighted by Crippen LogP contribution is 2.31. The van der Waals surface area contributed by atoms with Crippen LogP contribution in [0.5, 0.6) is 0 Å². The maximum atomic E-state index is 11.9. The van der Waals surface area contributed by atoms with Crippen molar-refractivity contribution in [3.63, 3.8) is 0 Å². The first kappa shape index (κ1) is 10.4. The van der Waals surface area contributed by atoms with Gasteiger partial charge >= 0.3 is 0 Å². The van der Waals surface area contributed by atoms with Gasteiger partial charge in [0.25, 0.3) is 0 Å². The van der Waals surface area contributed by atoms with Gasteiger partial charge in [-0.1, -0.05) is 0 Å². The quantitative estimate of drug-likeness (QED) is 0.668. The van der Waals surface area contributed by atoms with Crippen molar-refractivity contribution in [2.75, 3.05) is 39.0 Å². The topological polar surface area (TPSA) is 40.6 Å². The van der Waals surface area contributed by atoms with Crippen molar-refractivity contribution in [3.8, 4) is 0 Å². The molecular formula is C9H18N2O2S. The van der Waals surface area contributed by atoms with Crippen LogP contribution in [0.25, 0.3) is 0 Å². The number of hydrogen-bond acceptors (Lipinski definition) is 3. The van der Waals surface area contributed by atoms with E-state index in [9.17, 15) is 8.42 Å². The summed E-state index contributed by atoms with van der Waals surface area (Å²) >= 11 is 0. The van der Waals surface area contributed by atoms with Crippen LogP contribution in [0.2, 0.25) is 0 Å². The third kappa shape index (κ3) is 2.46. The highest BCUT2D eigenvalue weighted by Gasteiger charge is 2.32. The Morgan fingerprint density at radius 2 is 1.71 bits per heavy atom. The third-order valence-corrected chi connectivity index (χ3v) is 5.04. The SMILES string of the molecule is CN1CCN(S(=O)(=O)CC2CC2)CC1. The highest BCUT2D eigenvalue weighted by atomic mass is 32.2. The lowest BCUT2D eigenvalue weighted by Gasteiger charge is -2.31. The minimum absolute atomic E-state index is 0.386. The first-order valence-corrected chi connectivity index (χ1v) is 6.85. The van der Waals surface area contributed by atoms with E-state index in [2.05, 4.69) is 4.90 Å². The van der Waals surface area contributed by atoms with Crippen molar-refractivity contribution >= 4 is 10.0 Å². The number of piperazine rings is 1. The molecule has 0 spiro atoms. The Bertz CT molecular complexity index is 290. The zero-order valence-electron chi connectivity index (χ0n) is 8.65. The summed E-state index contributed by atoms with van der Waals surface area (Å²) in [5, 5.41) is 0. The van der Waals surface area contributed by atoms with Crippen LogP contribution < -0.4 is 0 Å². The first-order chi connectivity index (χ1) is 6.58. The molecule has 1 saturated heterocycles. The lowest BCUT2D eigenvalue weighted by Crippen LogP contribution is -2.47. The lowest BCUT2D eigenvalue weighted by molar-refractivity contribution is 0.222. The van der Waals surface area contributed by atoms with Gasteiger partial charge in [-0.25, -0.2) is 8.42 Å². The number of hydrogen-bond donors (Lipinski definition) is 0. The second-order valence-electron chi connectivity index (χ2n) is 4.42. The number of sulfonamides is 1. The molecule has 82 valence electrons. The fourth-order valence-electron chi connectivity index (χ4n) is 1.75.